The summed E-state index contributed by atoms with van der Waals surface area (Å²) in [6.45, 7) is 4.13. The third-order valence-electron chi connectivity index (χ3n) is 6.36. The number of carbonyl (C=O) groups excluding carboxylic acids is 2. The maximum absolute atomic E-state index is 12.2. The molecule has 1 fully saturated rings. The molecule has 5 rings (SSSR count). The predicted molar refractivity (Wildman–Crippen MR) is 186 cm³/mol. The number of nitrogens with one attached hydrogen (secondary N) is 1. The van der Waals surface area contributed by atoms with Gasteiger partial charge < -0.3 is 14.8 Å². The molecule has 0 amide bonds. The monoisotopic (exact) mass is 634 g/mol. The average Bonchev–Trinajstić information content (AvgIpc) is 3.38. The van der Waals surface area contributed by atoms with E-state index >= 15 is 0 Å². The molecule has 10 heteroatoms. The fraction of sp³-hybridized carbons (Fsp3) is 0.114. The number of hydrogen-bond acceptors (Lipinski definition) is 8. The van der Waals surface area contributed by atoms with Crippen LogP contribution in [0.4, 0.5) is 22.7 Å². The molecule has 0 aliphatic carbocycles. The predicted octanol–water partition coefficient (Wildman–Crippen LogP) is 8.33. The average molecular weight is 635 g/mol. The second-order valence-electron chi connectivity index (χ2n) is 9.50. The van der Waals surface area contributed by atoms with Crippen molar-refractivity contribution in [3.05, 3.63) is 131 Å². The topological polar surface area (TPSA) is 92.6 Å². The van der Waals surface area contributed by atoms with Crippen molar-refractivity contribution in [1.82, 2.24) is 0 Å². The number of nitrogens with zero attached hydrogens (tertiary/aromatic N) is 3. The largest absolute Gasteiger partial charge is 0.462 e. The lowest BCUT2D eigenvalue weighted by Gasteiger charge is -2.20. The van der Waals surface area contributed by atoms with E-state index in [1.165, 1.54) is 11.8 Å². The molecule has 226 valence electrons. The van der Waals surface area contributed by atoms with Crippen molar-refractivity contribution >= 4 is 74.5 Å². The smallest absolute Gasteiger partial charge is 0.338 e. The Balaban J connectivity index is 1.58. The maximum atomic E-state index is 12.2. The van der Waals surface area contributed by atoms with E-state index in [0.717, 1.165) is 16.4 Å². The number of para-hydroxylation sites is 2. The highest BCUT2D eigenvalue weighted by molar-refractivity contribution is 8.20. The molecule has 0 aromatic heterocycles. The number of hydrogen-bond donors (Lipinski definition) is 1. The van der Waals surface area contributed by atoms with Crippen LogP contribution >= 0.6 is 24.0 Å². The minimum absolute atomic E-state index is 0.294. The number of benzene rings is 4. The van der Waals surface area contributed by atoms with E-state index in [1.54, 1.807) is 62.4 Å². The van der Waals surface area contributed by atoms with Crippen LogP contribution in [0.3, 0.4) is 0 Å². The van der Waals surface area contributed by atoms with E-state index in [-0.39, 0.29) is 5.97 Å². The molecule has 0 bridgehead atoms. The first-order chi connectivity index (χ1) is 21.9. The van der Waals surface area contributed by atoms with Crippen LogP contribution in [0.25, 0.3) is 0 Å². The van der Waals surface area contributed by atoms with E-state index in [1.807, 2.05) is 71.6 Å². The summed E-state index contributed by atoms with van der Waals surface area (Å²) in [5.41, 5.74) is 3.88. The van der Waals surface area contributed by atoms with Crippen LogP contribution in [0.2, 0.25) is 0 Å². The van der Waals surface area contributed by atoms with Crippen molar-refractivity contribution < 1.29 is 19.1 Å². The van der Waals surface area contributed by atoms with Crippen molar-refractivity contribution in [2.75, 3.05) is 23.4 Å². The van der Waals surface area contributed by atoms with Crippen LogP contribution in [0.1, 0.15) is 34.6 Å². The van der Waals surface area contributed by atoms with E-state index < -0.39 is 5.97 Å². The highest BCUT2D eigenvalue weighted by Crippen LogP contribution is 2.39. The number of carbonyl (C=O) groups is 2. The SMILES string of the molecule is CCOC(=O)c1ccc(N=C2S/C(=C\C(=S)Nc3ccccc3)N(c3ccccc3)C2=Nc2ccc(C(=O)OCC)cc2)cc1. The number of amidine groups is 1. The number of thiocarbonyl (C=S) groups is 1. The van der Waals surface area contributed by atoms with E-state index in [4.69, 9.17) is 31.7 Å². The molecule has 1 saturated heterocycles. The zero-order valence-corrected chi connectivity index (χ0v) is 26.3. The van der Waals surface area contributed by atoms with Crippen LogP contribution in [-0.2, 0) is 9.47 Å². The summed E-state index contributed by atoms with van der Waals surface area (Å²) in [6, 6.07) is 33.3. The second-order valence-corrected chi connectivity index (χ2v) is 10.9. The van der Waals surface area contributed by atoms with Gasteiger partial charge in [0.1, 0.15) is 10.0 Å². The molecule has 1 heterocycles. The molecule has 1 aliphatic heterocycles. The van der Waals surface area contributed by atoms with Gasteiger partial charge in [-0.25, -0.2) is 19.6 Å². The van der Waals surface area contributed by atoms with Gasteiger partial charge >= 0.3 is 11.9 Å². The van der Waals surface area contributed by atoms with Crippen LogP contribution in [0, 0.1) is 0 Å². The van der Waals surface area contributed by atoms with E-state index in [0.29, 0.717) is 51.6 Å². The molecular formula is C35H30N4O4S2. The minimum Gasteiger partial charge on any atom is -0.462 e. The van der Waals surface area contributed by atoms with Gasteiger partial charge in [0.15, 0.2) is 5.84 Å². The molecule has 1 N–H and O–H groups in total. The summed E-state index contributed by atoms with van der Waals surface area (Å²) < 4.78 is 10.2. The molecule has 4 aromatic carbocycles. The molecule has 0 spiro atoms. The summed E-state index contributed by atoms with van der Waals surface area (Å²) in [7, 11) is 0. The molecular weight excluding hydrogens is 605 g/mol. The van der Waals surface area contributed by atoms with Crippen LogP contribution in [-0.4, -0.2) is 41.0 Å². The maximum Gasteiger partial charge on any atom is 0.338 e. The second kappa shape index (κ2) is 15.1. The number of esters is 2. The van der Waals surface area contributed by atoms with Gasteiger partial charge in [0.2, 0.25) is 0 Å². The Morgan fingerprint density at radius 2 is 1.27 bits per heavy atom. The summed E-state index contributed by atoms with van der Waals surface area (Å²) in [5.74, 6) is -0.212. The third-order valence-corrected chi connectivity index (χ3v) is 7.55. The summed E-state index contributed by atoms with van der Waals surface area (Å²) >= 11 is 7.16. The van der Waals surface area contributed by atoms with E-state index in [2.05, 4.69) is 5.32 Å². The van der Waals surface area contributed by atoms with Crippen molar-refractivity contribution in [1.29, 1.82) is 0 Å². The normalized spacial score (nSPS) is 15.3. The quantitative estimate of drug-likeness (QED) is 0.112. The summed E-state index contributed by atoms with van der Waals surface area (Å²) in [4.78, 5) is 36.9. The van der Waals surface area contributed by atoms with Crippen LogP contribution in [0.5, 0.6) is 0 Å². The van der Waals surface area contributed by atoms with Gasteiger partial charge in [-0.05, 0) is 98.4 Å². The Labute approximate surface area is 271 Å². The molecule has 0 unspecified atom stereocenters. The van der Waals surface area contributed by atoms with Crippen molar-refractivity contribution in [3.8, 4) is 0 Å². The molecule has 0 radical (unpaired) electrons. The fourth-order valence-electron chi connectivity index (χ4n) is 4.31. The highest BCUT2D eigenvalue weighted by atomic mass is 32.2. The number of thioether (sulfide) groups is 1. The first-order valence-electron chi connectivity index (χ1n) is 14.3. The first kappa shape index (κ1) is 31.4. The minimum atomic E-state index is -0.391. The lowest BCUT2D eigenvalue weighted by molar-refractivity contribution is 0.0517. The summed E-state index contributed by atoms with van der Waals surface area (Å²) in [6.07, 6.45) is 1.88. The van der Waals surface area contributed by atoms with Gasteiger partial charge in [0.05, 0.1) is 40.7 Å². The molecule has 0 saturated carbocycles. The van der Waals surface area contributed by atoms with E-state index in [9.17, 15) is 9.59 Å². The molecule has 4 aromatic rings. The molecule has 8 nitrogen and oxygen atoms in total. The lowest BCUT2D eigenvalue weighted by atomic mass is 10.2. The van der Waals surface area contributed by atoms with Gasteiger partial charge in [-0.1, -0.05) is 48.6 Å². The zero-order chi connectivity index (χ0) is 31.6. The third kappa shape index (κ3) is 8.11. The standard InChI is InChI=1S/C35H30N4O4S2/c1-3-42-34(40)24-15-19-27(20-16-24)37-32-33(38-28-21-17-25(18-22-28)35(41)43-4-2)45-31(39(32)29-13-9-6-10-14-29)23-30(44)36-26-11-7-5-8-12-26/h5-23H,3-4H2,1-2H3,(H,36,44)/b31-23-,37-32?,38-33?. The first-order valence-corrected chi connectivity index (χ1v) is 15.5. The fourth-order valence-corrected chi connectivity index (χ4v) is 5.65. The van der Waals surface area contributed by atoms with Crippen molar-refractivity contribution in [2.24, 2.45) is 9.98 Å². The molecule has 0 atom stereocenters. The van der Waals surface area contributed by atoms with Crippen LogP contribution in [0.15, 0.2) is 130 Å². The Bertz CT molecular complexity index is 1760. The van der Waals surface area contributed by atoms with Crippen molar-refractivity contribution in [2.45, 2.75) is 13.8 Å². The van der Waals surface area contributed by atoms with Crippen molar-refractivity contribution in [3.63, 3.8) is 0 Å². The van der Waals surface area contributed by atoms with Gasteiger partial charge in [0.25, 0.3) is 0 Å². The van der Waals surface area contributed by atoms with Gasteiger partial charge in [-0.15, -0.1) is 0 Å². The van der Waals surface area contributed by atoms with Gasteiger partial charge in [0, 0.05) is 17.5 Å². The van der Waals surface area contributed by atoms with Crippen LogP contribution < -0.4 is 10.2 Å². The lowest BCUT2D eigenvalue weighted by Crippen LogP contribution is -2.27. The number of aliphatic imine (C=N–C) groups is 2. The zero-order valence-electron chi connectivity index (χ0n) is 24.7. The summed E-state index contributed by atoms with van der Waals surface area (Å²) in [5, 5.41) is 4.68. The Kier molecular flexibility index (Phi) is 10.5. The number of rotatable bonds is 9. The number of anilines is 2. The molecule has 45 heavy (non-hydrogen) atoms. The molecule has 1 aliphatic rings. The highest BCUT2D eigenvalue weighted by Gasteiger charge is 2.33. The van der Waals surface area contributed by atoms with Gasteiger partial charge in [-0.3, -0.25) is 4.90 Å². The Morgan fingerprint density at radius 1 is 0.756 bits per heavy atom. The Morgan fingerprint density at radius 3 is 1.80 bits per heavy atom. The number of ether oxygens (including phenoxy) is 2. The van der Waals surface area contributed by atoms with Gasteiger partial charge in [-0.2, -0.15) is 0 Å². The Hall–Kier alpha value is -5.06.